The van der Waals surface area contributed by atoms with Crippen molar-refractivity contribution in [3.8, 4) is 6.19 Å². The van der Waals surface area contributed by atoms with Gasteiger partial charge in [-0.3, -0.25) is 15.3 Å². The standard InChI is InChI=1S/C10H15N7/c1-12-10(17-8-11)16-4-2-3-14-9-7-13-5-6-15-9/h5-7H,2-4H2,1H3,(H,14,15)(H2,12,16,17). The van der Waals surface area contributed by atoms with Gasteiger partial charge in [0.1, 0.15) is 5.82 Å². The van der Waals surface area contributed by atoms with Crippen molar-refractivity contribution in [1.82, 2.24) is 20.6 Å². The zero-order chi connectivity index (χ0) is 12.3. The van der Waals surface area contributed by atoms with Gasteiger partial charge in [-0.1, -0.05) is 0 Å². The van der Waals surface area contributed by atoms with Gasteiger partial charge in [0.05, 0.1) is 6.20 Å². The van der Waals surface area contributed by atoms with Crippen LogP contribution in [-0.4, -0.2) is 36.1 Å². The summed E-state index contributed by atoms with van der Waals surface area (Å²) in [6.45, 7) is 1.38. The van der Waals surface area contributed by atoms with Crippen molar-refractivity contribution < 1.29 is 0 Å². The number of guanidine groups is 1. The van der Waals surface area contributed by atoms with Gasteiger partial charge in [-0.15, -0.1) is 0 Å². The Labute approximate surface area is 100.0 Å². The molecule has 1 aromatic rings. The van der Waals surface area contributed by atoms with E-state index >= 15 is 0 Å². The van der Waals surface area contributed by atoms with E-state index in [0.29, 0.717) is 12.5 Å². The molecule has 0 amide bonds. The largest absolute Gasteiger partial charge is 0.369 e. The zero-order valence-electron chi connectivity index (χ0n) is 9.64. The Bertz CT molecular complexity index is 381. The molecule has 0 unspecified atom stereocenters. The van der Waals surface area contributed by atoms with E-state index in [-0.39, 0.29) is 0 Å². The number of aliphatic imine (C=N–C) groups is 1. The topological polar surface area (TPSA) is 98.0 Å². The first-order chi connectivity index (χ1) is 8.36. The fraction of sp³-hybridized carbons (Fsp3) is 0.400. The van der Waals surface area contributed by atoms with Gasteiger partial charge in [0, 0.05) is 32.5 Å². The van der Waals surface area contributed by atoms with Crippen LogP contribution in [0.5, 0.6) is 0 Å². The first kappa shape index (κ1) is 12.7. The molecule has 0 saturated carbocycles. The van der Waals surface area contributed by atoms with Crippen LogP contribution < -0.4 is 16.0 Å². The Morgan fingerprint density at radius 3 is 3.06 bits per heavy atom. The summed E-state index contributed by atoms with van der Waals surface area (Å²) in [5, 5.41) is 16.8. The highest BCUT2D eigenvalue weighted by Gasteiger charge is 1.93. The summed E-state index contributed by atoms with van der Waals surface area (Å²) in [7, 11) is 1.71. The van der Waals surface area contributed by atoms with Crippen molar-refractivity contribution >= 4 is 11.8 Å². The molecule has 0 aliphatic carbocycles. The second kappa shape index (κ2) is 7.87. The molecule has 7 heteroatoms. The van der Waals surface area contributed by atoms with Crippen molar-refractivity contribution in [2.45, 2.75) is 6.42 Å². The summed E-state index contributed by atoms with van der Waals surface area (Å²) in [6, 6.07) is 0. The normalized spacial score (nSPS) is 10.5. The highest BCUT2D eigenvalue weighted by Crippen LogP contribution is 1.96. The van der Waals surface area contributed by atoms with E-state index in [9.17, 15) is 0 Å². The lowest BCUT2D eigenvalue weighted by atomic mass is 10.4. The van der Waals surface area contributed by atoms with Crippen LogP contribution in [0.25, 0.3) is 0 Å². The molecule has 90 valence electrons. The minimum Gasteiger partial charge on any atom is -0.369 e. The van der Waals surface area contributed by atoms with Crippen LogP contribution in [0, 0.1) is 11.5 Å². The van der Waals surface area contributed by atoms with Gasteiger partial charge < -0.3 is 10.6 Å². The molecule has 17 heavy (non-hydrogen) atoms. The van der Waals surface area contributed by atoms with Crippen LogP contribution in [0.3, 0.4) is 0 Å². The number of aromatic nitrogens is 2. The first-order valence-corrected chi connectivity index (χ1v) is 5.24. The molecule has 0 saturated heterocycles. The van der Waals surface area contributed by atoms with E-state index in [1.54, 1.807) is 25.6 Å². The minimum absolute atomic E-state index is 0.479. The van der Waals surface area contributed by atoms with Crippen LogP contribution in [0.4, 0.5) is 5.82 Å². The molecule has 1 rings (SSSR count). The fourth-order valence-corrected chi connectivity index (χ4v) is 1.11. The fourth-order valence-electron chi connectivity index (χ4n) is 1.11. The lowest BCUT2D eigenvalue weighted by molar-refractivity contribution is 0.854. The predicted molar refractivity (Wildman–Crippen MR) is 65.2 cm³/mol. The van der Waals surface area contributed by atoms with Gasteiger partial charge in [-0.2, -0.15) is 5.26 Å². The molecule has 0 aromatic carbocycles. The predicted octanol–water partition coefficient (Wildman–Crippen LogP) is -0.0753. The van der Waals surface area contributed by atoms with Crippen molar-refractivity contribution in [1.29, 1.82) is 5.26 Å². The van der Waals surface area contributed by atoms with Crippen LogP contribution in [0.1, 0.15) is 6.42 Å². The van der Waals surface area contributed by atoms with Crippen LogP contribution in [0.2, 0.25) is 0 Å². The average molecular weight is 233 g/mol. The smallest absolute Gasteiger partial charge is 0.204 e. The molecule has 7 nitrogen and oxygen atoms in total. The van der Waals surface area contributed by atoms with Gasteiger partial charge in [-0.25, -0.2) is 4.98 Å². The maximum Gasteiger partial charge on any atom is 0.204 e. The molecule has 0 atom stereocenters. The summed E-state index contributed by atoms with van der Waals surface area (Å²) in [5.41, 5.74) is 0. The van der Waals surface area contributed by atoms with Crippen LogP contribution in [-0.2, 0) is 0 Å². The van der Waals surface area contributed by atoms with E-state index in [1.165, 1.54) is 0 Å². The second-order valence-corrected chi connectivity index (χ2v) is 3.09. The zero-order valence-corrected chi connectivity index (χ0v) is 9.64. The molecule has 0 bridgehead atoms. The van der Waals surface area contributed by atoms with E-state index in [0.717, 1.165) is 18.8 Å². The van der Waals surface area contributed by atoms with Gasteiger partial charge in [0.25, 0.3) is 0 Å². The van der Waals surface area contributed by atoms with Gasteiger partial charge >= 0.3 is 0 Å². The Kier molecular flexibility index (Phi) is 5.88. The highest BCUT2D eigenvalue weighted by molar-refractivity contribution is 5.80. The highest BCUT2D eigenvalue weighted by atomic mass is 15.2. The van der Waals surface area contributed by atoms with Crippen LogP contribution >= 0.6 is 0 Å². The Hall–Kier alpha value is -2.36. The third-order valence-corrected chi connectivity index (χ3v) is 1.89. The molecule has 0 aliphatic heterocycles. The third-order valence-electron chi connectivity index (χ3n) is 1.89. The van der Waals surface area contributed by atoms with E-state index in [1.807, 2.05) is 6.19 Å². The van der Waals surface area contributed by atoms with Gasteiger partial charge in [-0.05, 0) is 6.42 Å². The number of nitriles is 1. The molecule has 0 fully saturated rings. The minimum atomic E-state index is 0.479. The lowest BCUT2D eigenvalue weighted by Gasteiger charge is -2.04. The monoisotopic (exact) mass is 233 g/mol. The van der Waals surface area contributed by atoms with E-state index in [4.69, 9.17) is 5.26 Å². The van der Waals surface area contributed by atoms with Crippen LogP contribution in [0.15, 0.2) is 23.6 Å². The van der Waals surface area contributed by atoms with Crippen molar-refractivity contribution in [2.75, 3.05) is 25.5 Å². The maximum absolute atomic E-state index is 8.41. The average Bonchev–Trinajstić information content (AvgIpc) is 2.38. The summed E-state index contributed by atoms with van der Waals surface area (Å²) < 4.78 is 0. The number of rotatable bonds is 5. The summed E-state index contributed by atoms with van der Waals surface area (Å²) in [6.07, 6.45) is 7.58. The number of hydrogen-bond donors (Lipinski definition) is 3. The number of hydrogen-bond acceptors (Lipinski definition) is 5. The molecule has 3 N–H and O–H groups in total. The molecular weight excluding hydrogens is 218 g/mol. The molecule has 1 aromatic heterocycles. The molecule has 0 aliphatic rings. The number of anilines is 1. The van der Waals surface area contributed by atoms with Crippen molar-refractivity contribution in [3.63, 3.8) is 0 Å². The van der Waals surface area contributed by atoms with Crippen molar-refractivity contribution in [2.24, 2.45) is 4.99 Å². The number of nitrogens with one attached hydrogen (secondary N) is 3. The third kappa shape index (κ3) is 5.32. The lowest BCUT2D eigenvalue weighted by Crippen LogP contribution is -2.31. The Morgan fingerprint density at radius 1 is 1.53 bits per heavy atom. The number of nitrogens with zero attached hydrogens (tertiary/aromatic N) is 4. The SMILES string of the molecule is CN/C(=N/CCCNc1cnccn1)NC#N. The summed E-state index contributed by atoms with van der Waals surface area (Å²) in [5.74, 6) is 1.23. The molecule has 0 spiro atoms. The second-order valence-electron chi connectivity index (χ2n) is 3.09. The van der Waals surface area contributed by atoms with Crippen molar-refractivity contribution in [3.05, 3.63) is 18.6 Å². The quantitative estimate of drug-likeness (QED) is 0.216. The first-order valence-electron chi connectivity index (χ1n) is 5.24. The summed E-state index contributed by atoms with van der Waals surface area (Å²) in [4.78, 5) is 12.2. The Morgan fingerprint density at radius 2 is 2.41 bits per heavy atom. The molecular formula is C10H15N7. The van der Waals surface area contributed by atoms with E-state index in [2.05, 4.69) is 30.9 Å². The maximum atomic E-state index is 8.41. The molecule has 1 heterocycles. The Balaban J connectivity index is 2.18. The van der Waals surface area contributed by atoms with Gasteiger partial charge in [0.15, 0.2) is 6.19 Å². The van der Waals surface area contributed by atoms with Gasteiger partial charge in [0.2, 0.25) is 5.96 Å². The van der Waals surface area contributed by atoms with E-state index < -0.39 is 0 Å². The molecule has 0 radical (unpaired) electrons. The summed E-state index contributed by atoms with van der Waals surface area (Å²) >= 11 is 0.